The van der Waals surface area contributed by atoms with E-state index in [-0.39, 0.29) is 0 Å². The number of hydrogen-bond donors (Lipinski definition) is 1. The van der Waals surface area contributed by atoms with Crippen molar-refractivity contribution in [1.29, 1.82) is 5.26 Å². The minimum absolute atomic E-state index is 0.465. The van der Waals surface area contributed by atoms with Crippen molar-refractivity contribution >= 4 is 0 Å². The van der Waals surface area contributed by atoms with Gasteiger partial charge in [-0.05, 0) is 30.5 Å². The van der Waals surface area contributed by atoms with Crippen molar-refractivity contribution in [2.45, 2.75) is 18.9 Å². The van der Waals surface area contributed by atoms with Crippen molar-refractivity contribution in [1.82, 2.24) is 0 Å². The number of benzene rings is 1. The third-order valence-corrected chi connectivity index (χ3v) is 2.25. The lowest BCUT2D eigenvalue weighted by Crippen LogP contribution is -1.99. The molecule has 80 valence electrons. The molecule has 1 aromatic carbocycles. The summed E-state index contributed by atoms with van der Waals surface area (Å²) in [7, 11) is 1.65. The molecule has 1 aromatic rings. The molecule has 1 N–H and O–H groups in total. The molecule has 0 radical (unpaired) electrons. The monoisotopic (exact) mass is 205 g/mol. The van der Waals surface area contributed by atoms with Crippen LogP contribution in [0.3, 0.4) is 0 Å². The number of hydrogen-bond acceptors (Lipinski definition) is 3. The first-order chi connectivity index (χ1) is 7.27. The average molecular weight is 205 g/mol. The smallest absolute Gasteiger partial charge is 0.0991 e. The van der Waals surface area contributed by atoms with Gasteiger partial charge in [0, 0.05) is 13.7 Å². The maximum absolute atomic E-state index is 9.77. The second-order valence-electron chi connectivity index (χ2n) is 3.38. The van der Waals surface area contributed by atoms with Gasteiger partial charge in [-0.3, -0.25) is 0 Å². The Labute approximate surface area is 89.9 Å². The normalized spacial score (nSPS) is 12.1. The van der Waals surface area contributed by atoms with E-state index in [2.05, 4.69) is 0 Å². The van der Waals surface area contributed by atoms with Gasteiger partial charge in [0.15, 0.2) is 0 Å². The topological polar surface area (TPSA) is 53.2 Å². The van der Waals surface area contributed by atoms with E-state index in [0.717, 1.165) is 12.0 Å². The molecule has 0 fully saturated rings. The van der Waals surface area contributed by atoms with Gasteiger partial charge in [-0.2, -0.15) is 5.26 Å². The van der Waals surface area contributed by atoms with Gasteiger partial charge in [-0.25, -0.2) is 0 Å². The molecule has 0 aliphatic rings. The fraction of sp³-hybridized carbons (Fsp3) is 0.417. The predicted molar refractivity (Wildman–Crippen MR) is 57.2 cm³/mol. The molecular weight excluding hydrogens is 190 g/mol. The van der Waals surface area contributed by atoms with Crippen LogP contribution in [0.5, 0.6) is 0 Å². The number of aliphatic hydroxyl groups is 1. The molecule has 0 aromatic heterocycles. The van der Waals surface area contributed by atoms with Gasteiger partial charge < -0.3 is 9.84 Å². The Morgan fingerprint density at radius 1 is 1.40 bits per heavy atom. The highest BCUT2D eigenvalue weighted by atomic mass is 16.5. The van der Waals surface area contributed by atoms with E-state index in [4.69, 9.17) is 10.00 Å². The maximum atomic E-state index is 9.77. The Morgan fingerprint density at radius 3 is 2.60 bits per heavy atom. The highest BCUT2D eigenvalue weighted by Crippen LogP contribution is 2.18. The van der Waals surface area contributed by atoms with E-state index in [9.17, 15) is 5.11 Å². The van der Waals surface area contributed by atoms with Crippen LogP contribution in [0, 0.1) is 11.3 Å². The summed E-state index contributed by atoms with van der Waals surface area (Å²) in [5.41, 5.74) is 1.47. The van der Waals surface area contributed by atoms with Gasteiger partial charge in [0.1, 0.15) is 0 Å². The molecule has 0 aliphatic carbocycles. The maximum Gasteiger partial charge on any atom is 0.0991 e. The number of nitrogens with zero attached hydrogens (tertiary/aromatic N) is 1. The van der Waals surface area contributed by atoms with Crippen LogP contribution in [0.25, 0.3) is 0 Å². The largest absolute Gasteiger partial charge is 0.388 e. The summed E-state index contributed by atoms with van der Waals surface area (Å²) >= 11 is 0. The molecule has 1 atom stereocenters. The third kappa shape index (κ3) is 3.70. The Balaban J connectivity index is 2.51. The van der Waals surface area contributed by atoms with Crippen LogP contribution in [0.15, 0.2) is 24.3 Å². The van der Waals surface area contributed by atoms with Gasteiger partial charge in [-0.1, -0.05) is 12.1 Å². The Morgan fingerprint density at radius 2 is 2.07 bits per heavy atom. The van der Waals surface area contributed by atoms with E-state index in [1.165, 1.54) is 0 Å². The number of ether oxygens (including phenoxy) is 1. The molecule has 0 saturated heterocycles. The van der Waals surface area contributed by atoms with E-state index in [1.54, 1.807) is 31.4 Å². The van der Waals surface area contributed by atoms with Crippen molar-refractivity contribution in [3.63, 3.8) is 0 Å². The summed E-state index contributed by atoms with van der Waals surface area (Å²) in [5, 5.41) is 18.4. The van der Waals surface area contributed by atoms with Crippen LogP contribution in [-0.4, -0.2) is 18.8 Å². The Hall–Kier alpha value is -1.37. The molecule has 0 bridgehead atoms. The molecule has 0 spiro atoms. The second kappa shape index (κ2) is 6.18. The lowest BCUT2D eigenvalue weighted by molar-refractivity contribution is 0.136. The summed E-state index contributed by atoms with van der Waals surface area (Å²) in [6.07, 6.45) is 1.05. The molecule has 3 heteroatoms. The van der Waals surface area contributed by atoms with Crippen LogP contribution in [0.1, 0.15) is 30.1 Å². The summed E-state index contributed by atoms with van der Waals surface area (Å²) < 4.78 is 4.91. The van der Waals surface area contributed by atoms with Crippen molar-refractivity contribution < 1.29 is 9.84 Å². The van der Waals surface area contributed by atoms with Gasteiger partial charge in [-0.15, -0.1) is 0 Å². The van der Waals surface area contributed by atoms with Crippen LogP contribution in [0.4, 0.5) is 0 Å². The van der Waals surface area contributed by atoms with Gasteiger partial charge in [0.25, 0.3) is 0 Å². The van der Waals surface area contributed by atoms with Gasteiger partial charge >= 0.3 is 0 Å². The van der Waals surface area contributed by atoms with Gasteiger partial charge in [0.05, 0.1) is 17.7 Å². The molecule has 3 nitrogen and oxygen atoms in total. The quantitative estimate of drug-likeness (QED) is 0.748. The minimum Gasteiger partial charge on any atom is -0.388 e. The Kier molecular flexibility index (Phi) is 4.82. The predicted octanol–water partition coefficient (Wildman–Crippen LogP) is 2.02. The highest BCUT2D eigenvalue weighted by molar-refractivity contribution is 5.32. The fourth-order valence-electron chi connectivity index (χ4n) is 1.37. The zero-order chi connectivity index (χ0) is 11.1. The number of nitriles is 1. The molecule has 0 aliphatic heterocycles. The molecule has 0 heterocycles. The first-order valence-electron chi connectivity index (χ1n) is 4.95. The standard InChI is InChI=1S/C12H15NO2/c1-15-8-2-3-12(14)11-6-4-10(9-13)5-7-11/h4-7,12,14H,2-3,8H2,1H3. The number of methoxy groups -OCH3 is 1. The second-order valence-corrected chi connectivity index (χ2v) is 3.38. The molecule has 15 heavy (non-hydrogen) atoms. The summed E-state index contributed by atoms with van der Waals surface area (Å²) in [6.45, 7) is 0.660. The highest BCUT2D eigenvalue weighted by Gasteiger charge is 2.06. The lowest BCUT2D eigenvalue weighted by atomic mass is 10.0. The molecular formula is C12H15NO2. The SMILES string of the molecule is COCCCC(O)c1ccc(C#N)cc1. The van der Waals surface area contributed by atoms with Crippen LogP contribution >= 0.6 is 0 Å². The van der Waals surface area contributed by atoms with Crippen molar-refractivity contribution in [3.8, 4) is 6.07 Å². The van der Waals surface area contributed by atoms with E-state index < -0.39 is 6.10 Å². The zero-order valence-corrected chi connectivity index (χ0v) is 8.81. The van der Waals surface area contributed by atoms with Crippen LogP contribution in [0.2, 0.25) is 0 Å². The fourth-order valence-corrected chi connectivity index (χ4v) is 1.37. The Bertz CT molecular complexity index is 326. The summed E-state index contributed by atoms with van der Waals surface area (Å²) in [4.78, 5) is 0. The van der Waals surface area contributed by atoms with Crippen molar-refractivity contribution in [2.75, 3.05) is 13.7 Å². The van der Waals surface area contributed by atoms with E-state index in [0.29, 0.717) is 18.6 Å². The molecule has 0 amide bonds. The lowest BCUT2D eigenvalue weighted by Gasteiger charge is -2.10. The average Bonchev–Trinajstić information content (AvgIpc) is 2.29. The van der Waals surface area contributed by atoms with Crippen LogP contribution < -0.4 is 0 Å². The zero-order valence-electron chi connectivity index (χ0n) is 8.81. The van der Waals surface area contributed by atoms with Crippen molar-refractivity contribution in [3.05, 3.63) is 35.4 Å². The number of aliphatic hydroxyl groups excluding tert-OH is 1. The van der Waals surface area contributed by atoms with Gasteiger partial charge in [0.2, 0.25) is 0 Å². The summed E-state index contributed by atoms with van der Waals surface area (Å²) in [6, 6.07) is 9.05. The third-order valence-electron chi connectivity index (χ3n) is 2.25. The molecule has 0 saturated carbocycles. The first-order valence-corrected chi connectivity index (χ1v) is 4.95. The number of rotatable bonds is 5. The van der Waals surface area contributed by atoms with Crippen LogP contribution in [-0.2, 0) is 4.74 Å². The minimum atomic E-state index is -0.465. The van der Waals surface area contributed by atoms with Crippen molar-refractivity contribution in [2.24, 2.45) is 0 Å². The summed E-state index contributed by atoms with van der Waals surface area (Å²) in [5.74, 6) is 0. The molecule has 1 unspecified atom stereocenters. The molecule has 1 rings (SSSR count). The first kappa shape index (κ1) is 11.7. The van der Waals surface area contributed by atoms with E-state index in [1.807, 2.05) is 6.07 Å². The van der Waals surface area contributed by atoms with E-state index >= 15 is 0 Å².